The van der Waals surface area contributed by atoms with E-state index in [4.69, 9.17) is 24.1 Å². The van der Waals surface area contributed by atoms with Gasteiger partial charge in [0.1, 0.15) is 23.4 Å². The molecule has 0 saturated carbocycles. The molecule has 3 N–H and O–H groups in total. The molecule has 0 fully saturated rings. The highest BCUT2D eigenvalue weighted by atomic mass is 16.6. The Morgan fingerprint density at radius 1 is 1.37 bits per heavy atom. The summed E-state index contributed by atoms with van der Waals surface area (Å²) in [4.78, 5) is 14.6. The monoisotopic (exact) mass is 486 g/mol. The van der Waals surface area contributed by atoms with Gasteiger partial charge in [0.15, 0.2) is 0 Å². The first kappa shape index (κ1) is 24.9. The van der Waals surface area contributed by atoms with E-state index >= 15 is 0 Å². The van der Waals surface area contributed by atoms with Gasteiger partial charge in [0, 0.05) is 43.6 Å². The maximum Gasteiger partial charge on any atom is 0.374 e. The van der Waals surface area contributed by atoms with Gasteiger partial charge in [-0.2, -0.15) is 0 Å². The third-order valence-electron chi connectivity index (χ3n) is 6.47. The zero-order valence-electron chi connectivity index (χ0n) is 20.5. The molecule has 0 spiro atoms. The first-order chi connectivity index (χ1) is 16.9. The van der Waals surface area contributed by atoms with E-state index in [-0.39, 0.29) is 19.0 Å². The molecule has 4 rings (SSSR count). The normalized spacial score (nSPS) is 20.8. The molecule has 1 aromatic rings. The highest BCUT2D eigenvalue weighted by Crippen LogP contribution is 2.50. The molecule has 1 aromatic carbocycles. The fraction of sp³-hybridized carbons (Fsp3) is 0.500. The SMILES string of the molecule is CCOC(=O)C1=C/C(=C\CN2C=CNC2)c2c(cc3c(c2OC)C[C@@H]([C@@](C)(O)CCCCO)O3)O1. The lowest BCUT2D eigenvalue weighted by atomic mass is 9.88. The molecule has 0 aliphatic carbocycles. The average Bonchev–Trinajstić information content (AvgIpc) is 3.51. The zero-order chi connectivity index (χ0) is 25.0. The highest BCUT2D eigenvalue weighted by Gasteiger charge is 2.41. The molecule has 0 saturated heterocycles. The predicted molar refractivity (Wildman–Crippen MR) is 130 cm³/mol. The van der Waals surface area contributed by atoms with Gasteiger partial charge in [-0.3, -0.25) is 0 Å². The number of ether oxygens (including phenoxy) is 4. The van der Waals surface area contributed by atoms with E-state index in [0.29, 0.717) is 56.1 Å². The highest BCUT2D eigenvalue weighted by molar-refractivity contribution is 5.95. The number of carbonyl (C=O) groups is 1. The van der Waals surface area contributed by atoms with Gasteiger partial charge in [-0.05, 0) is 44.8 Å². The summed E-state index contributed by atoms with van der Waals surface area (Å²) < 4.78 is 23.2. The second-order valence-corrected chi connectivity index (χ2v) is 9.05. The molecule has 9 nitrogen and oxygen atoms in total. The van der Waals surface area contributed by atoms with Gasteiger partial charge in [0.25, 0.3) is 0 Å². The largest absolute Gasteiger partial charge is 0.496 e. The number of carbonyl (C=O) groups excluding carboxylic acids is 1. The number of nitrogens with one attached hydrogen (secondary N) is 1. The molecular formula is C26H34N2O7. The number of unbranched alkanes of at least 4 members (excludes halogenated alkanes) is 1. The smallest absolute Gasteiger partial charge is 0.374 e. The van der Waals surface area contributed by atoms with Crippen LogP contribution < -0.4 is 19.5 Å². The third-order valence-corrected chi connectivity index (χ3v) is 6.47. The summed E-state index contributed by atoms with van der Waals surface area (Å²) in [6.45, 7) is 5.14. The fourth-order valence-corrected chi connectivity index (χ4v) is 4.56. The topological polar surface area (TPSA) is 110 Å². The second kappa shape index (κ2) is 10.6. The van der Waals surface area contributed by atoms with Gasteiger partial charge in [-0.15, -0.1) is 0 Å². The maximum absolute atomic E-state index is 12.5. The fourth-order valence-electron chi connectivity index (χ4n) is 4.56. The number of methoxy groups -OCH3 is 1. The van der Waals surface area contributed by atoms with Crippen molar-refractivity contribution in [2.24, 2.45) is 0 Å². The van der Waals surface area contributed by atoms with Crippen LogP contribution in [0.4, 0.5) is 0 Å². The molecule has 2 atom stereocenters. The van der Waals surface area contributed by atoms with E-state index in [1.807, 2.05) is 18.5 Å². The van der Waals surface area contributed by atoms with Crippen molar-refractivity contribution < 1.29 is 34.0 Å². The van der Waals surface area contributed by atoms with Gasteiger partial charge in [0.2, 0.25) is 5.76 Å². The van der Waals surface area contributed by atoms with Crippen LogP contribution in [-0.2, 0) is 16.0 Å². The number of esters is 1. The Hall–Kier alpha value is -3.17. The van der Waals surface area contributed by atoms with Crippen LogP contribution in [0.5, 0.6) is 17.2 Å². The summed E-state index contributed by atoms with van der Waals surface area (Å²) in [7, 11) is 1.60. The van der Waals surface area contributed by atoms with Crippen LogP contribution >= 0.6 is 0 Å². The van der Waals surface area contributed by atoms with Crippen LogP contribution in [0, 0.1) is 0 Å². The molecule has 0 amide bonds. The lowest BCUT2D eigenvalue weighted by Gasteiger charge is -2.29. The third kappa shape index (κ3) is 5.26. The van der Waals surface area contributed by atoms with E-state index in [1.165, 1.54) is 0 Å². The standard InChI is InChI=1S/C26H34N2O7/c1-4-33-25(30)21-13-17(7-10-28-11-9-27-16-28)23-20(34-21)15-19-18(24(23)32-3)14-22(35-19)26(2,31)8-5-6-12-29/h7,9,11,13,15,22,27,29,31H,4-6,8,10,12,14,16H2,1-3H3/b17-7+/t22-,26-/m0/s1. The van der Waals surface area contributed by atoms with E-state index < -0.39 is 17.7 Å². The Kier molecular flexibility index (Phi) is 7.57. The maximum atomic E-state index is 12.5. The van der Waals surface area contributed by atoms with E-state index in [2.05, 4.69) is 10.2 Å². The summed E-state index contributed by atoms with van der Waals surface area (Å²) in [6.07, 6.45) is 9.36. The van der Waals surface area contributed by atoms with E-state index in [0.717, 1.165) is 16.7 Å². The van der Waals surface area contributed by atoms with Crippen LogP contribution in [0.2, 0.25) is 0 Å². The number of hydrogen-bond acceptors (Lipinski definition) is 9. The Balaban J connectivity index is 1.69. The number of aliphatic hydroxyl groups excluding tert-OH is 1. The van der Waals surface area contributed by atoms with Crippen molar-refractivity contribution in [1.82, 2.24) is 10.2 Å². The molecule has 0 aromatic heterocycles. The minimum absolute atomic E-state index is 0.0910. The van der Waals surface area contributed by atoms with Crippen molar-refractivity contribution in [3.63, 3.8) is 0 Å². The van der Waals surface area contributed by atoms with Gasteiger partial charge in [-0.25, -0.2) is 4.79 Å². The number of hydrogen-bond donors (Lipinski definition) is 3. The van der Waals surface area contributed by atoms with Crippen LogP contribution in [-0.4, -0.2) is 66.3 Å². The van der Waals surface area contributed by atoms with Crippen molar-refractivity contribution in [1.29, 1.82) is 0 Å². The molecular weight excluding hydrogens is 452 g/mol. The first-order valence-corrected chi connectivity index (χ1v) is 12.0. The Labute approximate surface area is 205 Å². The Bertz CT molecular complexity index is 1040. The molecule has 0 unspecified atom stereocenters. The first-order valence-electron chi connectivity index (χ1n) is 12.0. The summed E-state index contributed by atoms with van der Waals surface area (Å²) >= 11 is 0. The average molecular weight is 487 g/mol. The van der Waals surface area contributed by atoms with Crippen molar-refractivity contribution in [2.45, 2.75) is 51.2 Å². The summed E-state index contributed by atoms with van der Waals surface area (Å²) in [5.41, 5.74) is 1.29. The molecule has 3 heterocycles. The molecule has 9 heteroatoms. The van der Waals surface area contributed by atoms with Crippen LogP contribution in [0.1, 0.15) is 44.2 Å². The molecule has 190 valence electrons. The van der Waals surface area contributed by atoms with Crippen molar-refractivity contribution in [2.75, 3.05) is 33.5 Å². The van der Waals surface area contributed by atoms with Crippen LogP contribution in [0.15, 0.2) is 36.4 Å². The molecule has 0 radical (unpaired) electrons. The number of nitrogens with zero attached hydrogens (tertiary/aromatic N) is 1. The minimum atomic E-state index is -1.08. The Morgan fingerprint density at radius 2 is 2.20 bits per heavy atom. The predicted octanol–water partition coefficient (Wildman–Crippen LogP) is 2.47. The van der Waals surface area contributed by atoms with Gasteiger partial charge in [0.05, 0.1) is 31.5 Å². The van der Waals surface area contributed by atoms with E-state index in [1.54, 1.807) is 33.1 Å². The number of aliphatic hydroxyl groups is 2. The molecule has 3 aliphatic heterocycles. The number of fused-ring (bicyclic) bond motifs is 2. The molecule has 3 aliphatic rings. The van der Waals surface area contributed by atoms with Gasteiger partial charge >= 0.3 is 5.97 Å². The number of benzene rings is 1. The quantitative estimate of drug-likeness (QED) is 0.339. The number of allylic oxidation sites excluding steroid dienone is 2. The second-order valence-electron chi connectivity index (χ2n) is 9.05. The summed E-state index contributed by atoms with van der Waals surface area (Å²) in [5.74, 6) is 1.15. The van der Waals surface area contributed by atoms with Crippen molar-refractivity contribution >= 4 is 11.5 Å². The van der Waals surface area contributed by atoms with Gasteiger partial charge in [-0.1, -0.05) is 6.08 Å². The van der Waals surface area contributed by atoms with Crippen LogP contribution in [0.25, 0.3) is 5.57 Å². The van der Waals surface area contributed by atoms with E-state index in [9.17, 15) is 9.90 Å². The lowest BCUT2D eigenvalue weighted by molar-refractivity contribution is -0.141. The lowest BCUT2D eigenvalue weighted by Crippen LogP contribution is -2.42. The summed E-state index contributed by atoms with van der Waals surface area (Å²) in [5, 5.41) is 23.3. The summed E-state index contributed by atoms with van der Waals surface area (Å²) in [6, 6.07) is 1.76. The number of rotatable bonds is 10. The minimum Gasteiger partial charge on any atom is -0.496 e. The van der Waals surface area contributed by atoms with Crippen molar-refractivity contribution in [3.05, 3.63) is 47.5 Å². The molecule has 35 heavy (non-hydrogen) atoms. The van der Waals surface area contributed by atoms with Crippen LogP contribution in [0.3, 0.4) is 0 Å². The zero-order valence-corrected chi connectivity index (χ0v) is 20.5. The van der Waals surface area contributed by atoms with Crippen molar-refractivity contribution in [3.8, 4) is 17.2 Å². The van der Waals surface area contributed by atoms with Gasteiger partial charge < -0.3 is 39.4 Å². The molecule has 0 bridgehead atoms. The Morgan fingerprint density at radius 3 is 2.89 bits per heavy atom.